The Bertz CT molecular complexity index is 536. The fourth-order valence-electron chi connectivity index (χ4n) is 0.996. The molecule has 16 heavy (non-hydrogen) atoms. The third-order valence-corrected chi connectivity index (χ3v) is 4.67. The maximum atomic E-state index is 11.7. The van der Waals surface area contributed by atoms with Crippen molar-refractivity contribution in [3.63, 3.8) is 0 Å². The van der Waals surface area contributed by atoms with E-state index in [1.165, 1.54) is 18.2 Å². The van der Waals surface area contributed by atoms with Gasteiger partial charge in [-0.1, -0.05) is 23.2 Å². The van der Waals surface area contributed by atoms with E-state index in [4.69, 9.17) is 40.1 Å². The number of hydrogen-bond donors (Lipinski definition) is 0. The van der Waals surface area contributed by atoms with Gasteiger partial charge in [-0.25, -0.2) is 8.42 Å². The van der Waals surface area contributed by atoms with Crippen LogP contribution >= 0.6 is 34.8 Å². The molecule has 86 valence electrons. The second kappa shape index (κ2) is 5.24. The van der Waals surface area contributed by atoms with Gasteiger partial charge in [0.2, 0.25) is 0 Å². The fourth-order valence-corrected chi connectivity index (χ4v) is 3.08. The molecule has 1 rings (SSSR count). The summed E-state index contributed by atoms with van der Waals surface area (Å²) in [6, 6.07) is 5.59. The number of rotatable bonds is 3. The largest absolute Gasteiger partial charge is 0.224 e. The van der Waals surface area contributed by atoms with E-state index < -0.39 is 21.0 Å². The monoisotopic (exact) mass is 297 g/mol. The molecule has 0 aliphatic carbocycles. The summed E-state index contributed by atoms with van der Waals surface area (Å²) < 4.78 is 23.5. The molecule has 7 heteroatoms. The molecule has 0 N–H and O–H groups in total. The second-order valence-corrected chi connectivity index (χ2v) is 6.33. The van der Waals surface area contributed by atoms with Gasteiger partial charge in [-0.05, 0) is 18.2 Å². The summed E-state index contributed by atoms with van der Waals surface area (Å²) in [4.78, 5) is 0.00259. The molecule has 3 nitrogen and oxygen atoms in total. The van der Waals surface area contributed by atoms with E-state index in [0.29, 0.717) is 0 Å². The van der Waals surface area contributed by atoms with E-state index in [2.05, 4.69) is 0 Å². The molecule has 0 spiro atoms. The molecule has 1 aromatic carbocycles. The van der Waals surface area contributed by atoms with Crippen LogP contribution in [0.1, 0.15) is 0 Å². The minimum Gasteiger partial charge on any atom is -0.224 e. The lowest BCUT2D eigenvalue weighted by Gasteiger charge is -2.05. The summed E-state index contributed by atoms with van der Waals surface area (Å²) in [5.41, 5.74) is 0. The van der Waals surface area contributed by atoms with E-state index in [0.717, 1.165) is 0 Å². The van der Waals surface area contributed by atoms with Crippen LogP contribution in [0.5, 0.6) is 0 Å². The lowest BCUT2D eigenvalue weighted by molar-refractivity contribution is 0.596. The van der Waals surface area contributed by atoms with Gasteiger partial charge in [-0.2, -0.15) is 5.26 Å². The van der Waals surface area contributed by atoms with Gasteiger partial charge >= 0.3 is 0 Å². The first-order valence-electron chi connectivity index (χ1n) is 4.08. The summed E-state index contributed by atoms with van der Waals surface area (Å²) in [6.45, 7) is 0. The zero-order valence-corrected chi connectivity index (χ0v) is 10.9. The number of halogens is 3. The summed E-state index contributed by atoms with van der Waals surface area (Å²) in [5.74, 6) is -0.455. The summed E-state index contributed by atoms with van der Waals surface area (Å²) in [7, 11) is -3.61. The molecule has 0 aromatic heterocycles. The van der Waals surface area contributed by atoms with Gasteiger partial charge < -0.3 is 0 Å². The first kappa shape index (κ1) is 13.6. The van der Waals surface area contributed by atoms with Crippen LogP contribution < -0.4 is 0 Å². The van der Waals surface area contributed by atoms with Gasteiger partial charge in [-0.15, -0.1) is 11.6 Å². The second-order valence-electron chi connectivity index (χ2n) is 2.95. The molecular weight excluding hydrogens is 293 g/mol. The first-order valence-corrected chi connectivity index (χ1v) is 6.93. The van der Waals surface area contributed by atoms with Gasteiger partial charge in [-0.3, -0.25) is 0 Å². The van der Waals surface area contributed by atoms with Crippen LogP contribution in [0, 0.1) is 11.3 Å². The summed E-state index contributed by atoms with van der Waals surface area (Å²) >= 11 is 16.8. The standard InChI is InChI=1S/C9H6Cl3NO2S/c10-6(4-13)5-16(14,15)7-1-2-8(11)9(12)3-7/h1-3,6H,5H2. The van der Waals surface area contributed by atoms with Crippen LogP contribution in [0.15, 0.2) is 23.1 Å². The number of nitriles is 1. The minimum absolute atomic E-state index is 0.00259. The highest BCUT2D eigenvalue weighted by Gasteiger charge is 2.20. The molecule has 1 aromatic rings. The van der Waals surface area contributed by atoms with Crippen LogP contribution in [0.2, 0.25) is 10.0 Å². The highest BCUT2D eigenvalue weighted by atomic mass is 35.5. The normalized spacial score (nSPS) is 13.1. The van der Waals surface area contributed by atoms with Crippen LogP contribution in [0.3, 0.4) is 0 Å². The molecule has 1 unspecified atom stereocenters. The van der Waals surface area contributed by atoms with Crippen molar-refractivity contribution in [3.8, 4) is 6.07 Å². The third kappa shape index (κ3) is 3.26. The first-order chi connectivity index (χ1) is 7.36. The zero-order valence-electron chi connectivity index (χ0n) is 7.82. The van der Waals surface area contributed by atoms with Crippen LogP contribution in [-0.4, -0.2) is 19.5 Å². The van der Waals surface area contributed by atoms with Gasteiger partial charge in [0.15, 0.2) is 9.84 Å². The topological polar surface area (TPSA) is 57.9 Å². The van der Waals surface area contributed by atoms with Crippen molar-refractivity contribution in [2.24, 2.45) is 0 Å². The van der Waals surface area contributed by atoms with E-state index in [1.54, 1.807) is 6.07 Å². The summed E-state index contributed by atoms with van der Waals surface area (Å²) in [6.07, 6.45) is 0. The average molecular weight is 299 g/mol. The van der Waals surface area contributed by atoms with Crippen LogP contribution in [0.4, 0.5) is 0 Å². The van der Waals surface area contributed by atoms with E-state index in [-0.39, 0.29) is 14.9 Å². The van der Waals surface area contributed by atoms with E-state index in [1.807, 2.05) is 0 Å². The van der Waals surface area contributed by atoms with Gasteiger partial charge in [0.05, 0.1) is 26.8 Å². The molecule has 0 heterocycles. The molecule has 0 saturated carbocycles. The van der Waals surface area contributed by atoms with Gasteiger partial charge in [0, 0.05) is 0 Å². The van der Waals surface area contributed by atoms with Gasteiger partial charge in [0.1, 0.15) is 5.38 Å². The molecule has 0 saturated heterocycles. The Morgan fingerprint density at radius 3 is 2.44 bits per heavy atom. The number of alkyl halides is 1. The van der Waals surface area contributed by atoms with Crippen molar-refractivity contribution in [3.05, 3.63) is 28.2 Å². The third-order valence-electron chi connectivity index (χ3n) is 1.76. The molecule has 0 amide bonds. The van der Waals surface area contributed by atoms with Gasteiger partial charge in [0.25, 0.3) is 0 Å². The maximum Gasteiger partial charge on any atom is 0.180 e. The van der Waals surface area contributed by atoms with Crippen molar-refractivity contribution in [1.82, 2.24) is 0 Å². The number of sulfone groups is 1. The Kier molecular flexibility index (Phi) is 4.45. The fraction of sp³-hybridized carbons (Fsp3) is 0.222. The van der Waals surface area contributed by atoms with Crippen molar-refractivity contribution in [2.45, 2.75) is 10.3 Å². The maximum absolute atomic E-state index is 11.7. The Morgan fingerprint density at radius 1 is 1.31 bits per heavy atom. The van der Waals surface area contributed by atoms with Crippen molar-refractivity contribution in [2.75, 3.05) is 5.75 Å². The minimum atomic E-state index is -3.61. The van der Waals surface area contributed by atoms with E-state index >= 15 is 0 Å². The van der Waals surface area contributed by atoms with Crippen LogP contribution in [0.25, 0.3) is 0 Å². The molecule has 0 bridgehead atoms. The van der Waals surface area contributed by atoms with Crippen molar-refractivity contribution >= 4 is 44.6 Å². The molecule has 1 atom stereocenters. The molecule has 0 radical (unpaired) electrons. The lowest BCUT2D eigenvalue weighted by Crippen LogP contribution is -2.15. The quantitative estimate of drug-likeness (QED) is 0.806. The highest BCUT2D eigenvalue weighted by molar-refractivity contribution is 7.91. The van der Waals surface area contributed by atoms with Crippen molar-refractivity contribution in [1.29, 1.82) is 5.26 Å². The molecule has 0 aliphatic heterocycles. The summed E-state index contributed by atoms with van der Waals surface area (Å²) in [5, 5.41) is 7.78. The SMILES string of the molecule is N#CC(Cl)CS(=O)(=O)c1ccc(Cl)c(Cl)c1. The molecule has 0 aliphatic rings. The Labute approximate surface area is 108 Å². The number of hydrogen-bond acceptors (Lipinski definition) is 3. The number of nitrogens with zero attached hydrogens (tertiary/aromatic N) is 1. The van der Waals surface area contributed by atoms with Crippen LogP contribution in [-0.2, 0) is 9.84 Å². The zero-order chi connectivity index (χ0) is 12.3. The highest BCUT2D eigenvalue weighted by Crippen LogP contribution is 2.25. The predicted molar refractivity (Wildman–Crippen MR) is 63.8 cm³/mol. The van der Waals surface area contributed by atoms with E-state index in [9.17, 15) is 8.42 Å². The Balaban J connectivity index is 3.09. The smallest absolute Gasteiger partial charge is 0.180 e. The average Bonchev–Trinajstić information content (AvgIpc) is 2.21. The Hall–Kier alpha value is -0.470. The lowest BCUT2D eigenvalue weighted by atomic mass is 10.4. The number of benzene rings is 1. The predicted octanol–water partition coefficient (Wildman–Crippen LogP) is 2.90. The molecular formula is C9H6Cl3NO2S. The molecule has 0 fully saturated rings. The van der Waals surface area contributed by atoms with Crippen molar-refractivity contribution < 1.29 is 8.42 Å². The Morgan fingerprint density at radius 2 is 1.94 bits per heavy atom.